The van der Waals surface area contributed by atoms with Gasteiger partial charge in [-0.15, -0.1) is 0 Å². The third-order valence-corrected chi connectivity index (χ3v) is 13.3. The number of phenolic OH excluding ortho intramolecular Hbond substituents is 1. The number of methoxy groups -OCH3 is 1. The molecule has 0 radical (unpaired) electrons. The van der Waals surface area contributed by atoms with Gasteiger partial charge >= 0.3 is 59.6 Å². The maximum absolute atomic E-state index is 15.9. The lowest BCUT2D eigenvalue weighted by Crippen LogP contribution is -2.76. The number of nitrogens with two attached hydrogens (primary N) is 3. The molecule has 0 aliphatic carbocycles. The molecule has 38 heteroatoms. The lowest BCUT2D eigenvalue weighted by molar-refractivity contribution is -0.466. The number of halogens is 17. The maximum Gasteiger partial charge on any atom is 0.460 e. The molecular weight excluding hydrogens is 1190 g/mol. The van der Waals surface area contributed by atoms with E-state index in [0.717, 1.165) is 31.4 Å². The molecule has 5 unspecified atom stereocenters. The minimum absolute atomic E-state index is 0.0143. The Kier molecular flexibility index (Phi) is 25.9. The molecule has 0 saturated carbocycles. The number of carboxylic acid groups (broad SMARTS) is 1. The number of nitrogens with zero attached hydrogens (tertiary/aromatic N) is 1. The van der Waals surface area contributed by atoms with Crippen LogP contribution in [-0.2, 0) is 44.7 Å². The lowest BCUT2D eigenvalue weighted by Gasteiger charge is -2.50. The number of guanidine groups is 1. The monoisotopic (exact) mass is 1250 g/mol. The topological polar surface area (TPSA) is 352 Å². The predicted octanol–water partition coefficient (Wildman–Crippen LogP) is 2.83. The molecule has 1 aromatic rings. The summed E-state index contributed by atoms with van der Waals surface area (Å²) in [6.45, 7) is -2.41. The molecule has 21 nitrogen and oxygen atoms in total. The summed E-state index contributed by atoms with van der Waals surface area (Å²) in [5.41, 5.74) is 8.44. The van der Waals surface area contributed by atoms with E-state index in [1.54, 1.807) is 0 Å². The Labute approximate surface area is 466 Å². The molecule has 84 heavy (non-hydrogen) atoms. The van der Waals surface area contributed by atoms with E-state index < -0.39 is 169 Å². The summed E-state index contributed by atoms with van der Waals surface area (Å²) < 4.78 is 247. The Morgan fingerprint density at radius 1 is 0.631 bits per heavy atom. The molecule has 482 valence electrons. The number of carboxylic acids is 1. The molecule has 0 fully saturated rings. The first kappa shape index (κ1) is 75.3. The van der Waals surface area contributed by atoms with Crippen LogP contribution >= 0.6 is 0 Å². The summed E-state index contributed by atoms with van der Waals surface area (Å²) >= 11 is 0. The molecule has 0 bridgehead atoms. The third-order valence-electron chi connectivity index (χ3n) is 13.3. The normalized spacial score (nSPS) is 15.1. The standard InChI is InChI=1S/C46H63F17N10O11/c1-37(2,38(3,4)39(47,48)40(49,50)41(51,52)42(53,54)43(55,56)44(57,58)45(59,60)46(61,62)63)35(83)73-27(17-22-11-13-24(75)14-12-22)32(80)67-15-7-6-10-26(34(82)84-5)69-19-23(21-74)71-33(81)28(18-30(77)78)72-29(76)20-70-31(79)25(64)9-8-16-68-36(65)66/h11-14,23,25-28,69,74-75H,6-10,15-21,64H2,1-5H3,(H,67,80)(H,70,79)(H,71,81)(H,72,76)(H,73,83)(H,77,78)(H4,65,66,68). The first-order valence-electron chi connectivity index (χ1n) is 24.4. The first-order chi connectivity index (χ1) is 38.0. The molecule has 0 aliphatic heterocycles. The predicted molar refractivity (Wildman–Crippen MR) is 257 cm³/mol. The number of hydrogen-bond acceptors (Lipinski definition) is 13. The second-order valence-electron chi connectivity index (χ2n) is 19.8. The van der Waals surface area contributed by atoms with Crippen LogP contribution < -0.4 is 49.1 Å². The molecule has 1 aromatic carbocycles. The van der Waals surface area contributed by atoms with Gasteiger partial charge in [-0.05, 0) is 49.8 Å². The minimum Gasteiger partial charge on any atom is -0.508 e. The summed E-state index contributed by atoms with van der Waals surface area (Å²) in [4.78, 5) is 93.3. The average Bonchev–Trinajstić information content (AvgIpc) is 0.836. The Hall–Kier alpha value is -6.73. The highest BCUT2D eigenvalue weighted by Gasteiger charge is 2.96. The number of alkyl halides is 17. The van der Waals surface area contributed by atoms with E-state index in [-0.39, 0.29) is 83.6 Å². The van der Waals surface area contributed by atoms with Crippen LogP contribution in [0, 0.1) is 10.8 Å². The molecule has 5 atom stereocenters. The number of rotatable bonds is 35. The zero-order valence-corrected chi connectivity index (χ0v) is 44.9. The highest BCUT2D eigenvalue weighted by Crippen LogP contribution is 2.67. The van der Waals surface area contributed by atoms with Crippen LogP contribution in [0.3, 0.4) is 0 Å². The molecule has 0 aliphatic rings. The number of aliphatic hydroxyl groups is 1. The molecule has 1 rings (SSSR count). The van der Waals surface area contributed by atoms with Crippen molar-refractivity contribution in [3.63, 3.8) is 0 Å². The van der Waals surface area contributed by atoms with Gasteiger partial charge in [0.05, 0.1) is 44.2 Å². The molecule has 15 N–H and O–H groups in total. The van der Waals surface area contributed by atoms with Crippen LogP contribution in [-0.4, -0.2) is 180 Å². The van der Waals surface area contributed by atoms with Crippen LogP contribution in [0.1, 0.15) is 71.8 Å². The van der Waals surface area contributed by atoms with Gasteiger partial charge in [-0.3, -0.25) is 38.6 Å². The molecular formula is C46H63F17N10O11. The average molecular weight is 1260 g/mol. The van der Waals surface area contributed by atoms with Crippen molar-refractivity contribution < 1.29 is 128 Å². The molecule has 0 saturated heterocycles. The van der Waals surface area contributed by atoms with Gasteiger partial charge in [0.1, 0.15) is 23.9 Å². The van der Waals surface area contributed by atoms with E-state index in [1.165, 1.54) is 0 Å². The van der Waals surface area contributed by atoms with Gasteiger partial charge in [0.15, 0.2) is 5.96 Å². The second-order valence-corrected chi connectivity index (χ2v) is 19.8. The quantitative estimate of drug-likeness (QED) is 0.0153. The van der Waals surface area contributed by atoms with Crippen molar-refractivity contribution in [1.82, 2.24) is 31.9 Å². The van der Waals surface area contributed by atoms with Crippen molar-refractivity contribution in [3.8, 4) is 5.75 Å². The number of carbonyl (C=O) groups excluding carboxylic acids is 6. The summed E-state index contributed by atoms with van der Waals surface area (Å²) in [7, 11) is 0.960. The molecule has 0 aromatic heterocycles. The van der Waals surface area contributed by atoms with Crippen molar-refractivity contribution >= 4 is 47.4 Å². The highest BCUT2D eigenvalue weighted by molar-refractivity contribution is 5.93. The van der Waals surface area contributed by atoms with Gasteiger partial charge in [-0.2, -0.15) is 74.6 Å². The van der Waals surface area contributed by atoms with Crippen LogP contribution in [0.25, 0.3) is 0 Å². The number of esters is 1. The number of benzene rings is 1. The van der Waals surface area contributed by atoms with Crippen molar-refractivity contribution in [1.29, 1.82) is 0 Å². The van der Waals surface area contributed by atoms with Gasteiger partial charge in [0.25, 0.3) is 0 Å². The largest absolute Gasteiger partial charge is 0.508 e. The number of aliphatic carboxylic acids is 1. The highest BCUT2D eigenvalue weighted by atomic mass is 19.4. The Morgan fingerprint density at radius 3 is 1.62 bits per heavy atom. The van der Waals surface area contributed by atoms with Crippen molar-refractivity contribution in [2.45, 2.75) is 150 Å². The fraction of sp³-hybridized carbons (Fsp3) is 0.696. The van der Waals surface area contributed by atoms with Gasteiger partial charge in [0.2, 0.25) is 29.5 Å². The third kappa shape index (κ3) is 17.2. The number of ether oxygens (including phenoxy) is 1. The number of nitrogens with one attached hydrogen (secondary N) is 6. The molecule has 0 spiro atoms. The van der Waals surface area contributed by atoms with Gasteiger partial charge in [-0.25, -0.2) is 0 Å². The van der Waals surface area contributed by atoms with Gasteiger partial charge < -0.3 is 69.2 Å². The first-order valence-corrected chi connectivity index (χ1v) is 24.4. The summed E-state index contributed by atoms with van der Waals surface area (Å²) in [6, 6.07) is -3.25. The van der Waals surface area contributed by atoms with E-state index in [4.69, 9.17) is 21.9 Å². The minimum atomic E-state index is -8.89. The zero-order chi connectivity index (χ0) is 65.6. The van der Waals surface area contributed by atoms with Crippen LogP contribution in [0.5, 0.6) is 5.75 Å². The Balaban J connectivity index is 3.27. The number of aliphatic imine (C=N–C) groups is 1. The SMILES string of the molecule is COC(=O)C(CCCCNC(=O)C(Cc1ccc(O)cc1)NC(=O)C(C)(C)C(C)(C)C(F)(F)C(F)(F)C(F)(F)C(F)(F)C(F)(F)C(F)(F)C(F)(F)C(F)(F)F)NCC(CO)NC(=O)C(CC(=O)O)NC(=O)CNC(=O)C(N)CCCN=C(N)N. The van der Waals surface area contributed by atoms with Crippen molar-refractivity contribution in [2.24, 2.45) is 33.0 Å². The number of amides is 5. The second kappa shape index (κ2) is 28.9. The van der Waals surface area contributed by atoms with Crippen LogP contribution in [0.2, 0.25) is 0 Å². The fourth-order valence-electron chi connectivity index (χ4n) is 7.23. The van der Waals surface area contributed by atoms with E-state index in [2.05, 4.69) is 31.6 Å². The Morgan fingerprint density at radius 2 is 1.14 bits per heavy atom. The van der Waals surface area contributed by atoms with E-state index in [9.17, 15) is 106 Å². The maximum atomic E-state index is 15.9. The number of hydrogen-bond donors (Lipinski definition) is 12. The van der Waals surface area contributed by atoms with Crippen molar-refractivity contribution in [3.05, 3.63) is 29.8 Å². The number of carbonyl (C=O) groups is 7. The van der Waals surface area contributed by atoms with Crippen LogP contribution in [0.15, 0.2) is 29.3 Å². The number of phenols is 1. The zero-order valence-electron chi connectivity index (χ0n) is 44.9. The lowest BCUT2D eigenvalue weighted by atomic mass is 9.61. The number of unbranched alkanes of at least 4 members (excludes halogenated alkanes) is 1. The van der Waals surface area contributed by atoms with Crippen LogP contribution in [0.4, 0.5) is 74.6 Å². The summed E-state index contributed by atoms with van der Waals surface area (Å²) in [5, 5.41) is 42.4. The smallest absolute Gasteiger partial charge is 0.460 e. The van der Waals surface area contributed by atoms with E-state index >= 15 is 17.6 Å². The van der Waals surface area contributed by atoms with E-state index in [0.29, 0.717) is 0 Å². The molecule has 0 heterocycles. The molecule has 5 amide bonds. The van der Waals surface area contributed by atoms with Gasteiger partial charge in [0, 0.05) is 31.5 Å². The summed E-state index contributed by atoms with van der Waals surface area (Å²) in [5.74, 6) is -68.1. The Bertz CT molecular complexity index is 2470. The van der Waals surface area contributed by atoms with E-state index in [1.807, 2.05) is 5.32 Å². The summed E-state index contributed by atoms with van der Waals surface area (Å²) in [6.07, 6.45) is -9.62. The van der Waals surface area contributed by atoms with Crippen molar-refractivity contribution in [2.75, 3.05) is 39.9 Å². The number of aliphatic hydroxyl groups excluding tert-OH is 1. The number of aromatic hydroxyl groups is 1. The van der Waals surface area contributed by atoms with Gasteiger partial charge in [-0.1, -0.05) is 39.8 Å². The fourth-order valence-corrected chi connectivity index (χ4v) is 7.23.